The van der Waals surface area contributed by atoms with Gasteiger partial charge in [0.25, 0.3) is 10.0 Å². The molecule has 4 aromatic carbocycles. The molecule has 0 heterocycles. The Morgan fingerprint density at radius 1 is 0.841 bits per heavy atom. The lowest BCUT2D eigenvalue weighted by molar-refractivity contribution is -0.140. The maximum atomic E-state index is 14.4. The first-order chi connectivity index (χ1) is 21.0. The normalized spacial score (nSPS) is 12.0. The van der Waals surface area contributed by atoms with E-state index in [2.05, 4.69) is 5.32 Å². The van der Waals surface area contributed by atoms with Crippen LogP contribution in [0.5, 0.6) is 0 Å². The summed E-state index contributed by atoms with van der Waals surface area (Å²) in [4.78, 5) is 29.3. The molecule has 7 nitrogen and oxygen atoms in total. The molecular weight excluding hydrogens is 624 g/mol. The molecule has 0 aliphatic rings. The SMILES string of the molecule is CC(C)NC(=O)[C@@H](Cc1ccccc1)N(Cc1ccc(F)cc1)C(=O)CN(c1ccc(Cl)cc1Cl)S(=O)(=O)c1ccccc1. The van der Waals surface area contributed by atoms with Crippen molar-refractivity contribution in [1.82, 2.24) is 10.2 Å². The number of benzene rings is 4. The van der Waals surface area contributed by atoms with Crippen molar-refractivity contribution in [3.05, 3.63) is 130 Å². The first-order valence-electron chi connectivity index (χ1n) is 13.9. The Balaban J connectivity index is 1.82. The van der Waals surface area contributed by atoms with Crippen LogP contribution < -0.4 is 9.62 Å². The van der Waals surface area contributed by atoms with Crippen LogP contribution in [-0.4, -0.2) is 43.8 Å². The summed E-state index contributed by atoms with van der Waals surface area (Å²) in [5.74, 6) is -1.54. The zero-order valence-corrected chi connectivity index (χ0v) is 26.5. The fraction of sp³-hybridized carbons (Fsp3) is 0.212. The van der Waals surface area contributed by atoms with Crippen molar-refractivity contribution in [3.63, 3.8) is 0 Å². The summed E-state index contributed by atoms with van der Waals surface area (Å²) in [5, 5.41) is 3.20. The third-order valence-corrected chi connectivity index (χ3v) is 9.07. The predicted molar refractivity (Wildman–Crippen MR) is 172 cm³/mol. The van der Waals surface area contributed by atoms with Gasteiger partial charge >= 0.3 is 0 Å². The number of hydrogen-bond donors (Lipinski definition) is 1. The van der Waals surface area contributed by atoms with E-state index < -0.39 is 40.2 Å². The second-order valence-corrected chi connectivity index (χ2v) is 13.1. The maximum Gasteiger partial charge on any atom is 0.264 e. The van der Waals surface area contributed by atoms with E-state index in [1.807, 2.05) is 30.3 Å². The molecule has 1 atom stereocenters. The highest BCUT2D eigenvalue weighted by atomic mass is 35.5. The molecule has 0 bridgehead atoms. The average Bonchev–Trinajstić information content (AvgIpc) is 2.99. The zero-order chi connectivity index (χ0) is 31.9. The van der Waals surface area contributed by atoms with Gasteiger partial charge in [0.1, 0.15) is 18.4 Å². The van der Waals surface area contributed by atoms with E-state index in [0.717, 1.165) is 9.87 Å². The number of halogens is 3. The molecule has 4 rings (SSSR count). The van der Waals surface area contributed by atoms with Crippen LogP contribution in [0.4, 0.5) is 10.1 Å². The van der Waals surface area contributed by atoms with Gasteiger partial charge in [-0.15, -0.1) is 0 Å². The molecule has 0 aliphatic carbocycles. The Hall–Kier alpha value is -3.92. The van der Waals surface area contributed by atoms with Crippen LogP contribution in [-0.2, 0) is 32.6 Å². The van der Waals surface area contributed by atoms with Gasteiger partial charge in [-0.3, -0.25) is 13.9 Å². The first kappa shape index (κ1) is 33.0. The van der Waals surface area contributed by atoms with Crippen LogP contribution in [0, 0.1) is 5.82 Å². The Bertz CT molecular complexity index is 1690. The van der Waals surface area contributed by atoms with Crippen LogP contribution in [0.15, 0.2) is 108 Å². The fourth-order valence-corrected chi connectivity index (χ4v) is 6.65. The largest absolute Gasteiger partial charge is 0.352 e. The van der Waals surface area contributed by atoms with Crippen molar-refractivity contribution < 1.29 is 22.4 Å². The number of hydrogen-bond acceptors (Lipinski definition) is 4. The molecule has 0 spiro atoms. The number of anilines is 1. The van der Waals surface area contributed by atoms with Crippen LogP contribution in [0.3, 0.4) is 0 Å². The number of amides is 2. The minimum atomic E-state index is -4.31. The summed E-state index contributed by atoms with van der Waals surface area (Å²) in [7, 11) is -4.31. The summed E-state index contributed by atoms with van der Waals surface area (Å²) in [6, 6.07) is 25.4. The van der Waals surface area contributed by atoms with E-state index in [4.69, 9.17) is 23.2 Å². The summed E-state index contributed by atoms with van der Waals surface area (Å²) < 4.78 is 42.7. The van der Waals surface area contributed by atoms with E-state index in [9.17, 15) is 22.4 Å². The molecule has 0 fully saturated rings. The Morgan fingerprint density at radius 2 is 1.45 bits per heavy atom. The van der Waals surface area contributed by atoms with Crippen LogP contribution in [0.1, 0.15) is 25.0 Å². The predicted octanol–water partition coefficient (Wildman–Crippen LogP) is 6.49. The summed E-state index contributed by atoms with van der Waals surface area (Å²) >= 11 is 12.6. The molecule has 230 valence electrons. The lowest BCUT2D eigenvalue weighted by atomic mass is 10.0. The van der Waals surface area contributed by atoms with Crippen molar-refractivity contribution in [3.8, 4) is 0 Å². The molecule has 0 aromatic heterocycles. The molecule has 4 aromatic rings. The number of nitrogens with zero attached hydrogens (tertiary/aromatic N) is 2. The van der Waals surface area contributed by atoms with E-state index in [1.165, 1.54) is 59.5 Å². The highest BCUT2D eigenvalue weighted by molar-refractivity contribution is 7.92. The monoisotopic (exact) mass is 655 g/mol. The number of sulfonamides is 1. The number of rotatable bonds is 12. The van der Waals surface area contributed by atoms with Crippen molar-refractivity contribution in [2.75, 3.05) is 10.8 Å². The second kappa shape index (κ2) is 14.7. The lowest BCUT2D eigenvalue weighted by Gasteiger charge is -2.34. The van der Waals surface area contributed by atoms with Gasteiger partial charge < -0.3 is 10.2 Å². The molecule has 1 N–H and O–H groups in total. The van der Waals surface area contributed by atoms with Crippen molar-refractivity contribution in [2.24, 2.45) is 0 Å². The highest BCUT2D eigenvalue weighted by Crippen LogP contribution is 2.33. The molecule has 44 heavy (non-hydrogen) atoms. The van der Waals surface area contributed by atoms with Gasteiger partial charge in [-0.05, 0) is 67.4 Å². The quantitative estimate of drug-likeness (QED) is 0.189. The third-order valence-electron chi connectivity index (χ3n) is 6.76. The van der Waals surface area contributed by atoms with Gasteiger partial charge in [0.15, 0.2) is 0 Å². The topological polar surface area (TPSA) is 86.8 Å². The maximum absolute atomic E-state index is 14.4. The van der Waals surface area contributed by atoms with Gasteiger partial charge in [-0.1, -0.05) is 83.9 Å². The molecule has 0 saturated carbocycles. The van der Waals surface area contributed by atoms with E-state index >= 15 is 0 Å². The van der Waals surface area contributed by atoms with Crippen LogP contribution in [0.25, 0.3) is 0 Å². The van der Waals surface area contributed by atoms with Gasteiger partial charge in [0.05, 0.1) is 15.6 Å². The molecular formula is C33H32Cl2FN3O4S. The Kier molecular flexibility index (Phi) is 11.0. The van der Waals surface area contributed by atoms with Gasteiger partial charge in [-0.2, -0.15) is 0 Å². The van der Waals surface area contributed by atoms with E-state index in [1.54, 1.807) is 32.0 Å². The smallest absolute Gasteiger partial charge is 0.264 e. The Morgan fingerprint density at radius 3 is 2.05 bits per heavy atom. The van der Waals surface area contributed by atoms with Crippen LogP contribution >= 0.6 is 23.2 Å². The standard InChI is InChI=1S/C33H32Cl2FN3O4S/c1-23(2)37-33(41)31(19-24-9-5-3-6-10-24)38(21-25-13-16-27(36)17-14-25)32(40)22-39(30-18-15-26(34)20-29(30)35)44(42,43)28-11-7-4-8-12-28/h3-18,20,23,31H,19,21-22H2,1-2H3,(H,37,41)/t31-/m1/s1. The average molecular weight is 657 g/mol. The molecule has 0 aliphatic heterocycles. The minimum Gasteiger partial charge on any atom is -0.352 e. The Labute approximate surface area is 267 Å². The molecule has 11 heteroatoms. The van der Waals surface area contributed by atoms with Crippen molar-refractivity contribution in [1.29, 1.82) is 0 Å². The van der Waals surface area contributed by atoms with Crippen molar-refractivity contribution in [2.45, 2.75) is 43.8 Å². The number of carbonyl (C=O) groups is 2. The third kappa shape index (κ3) is 8.37. The van der Waals surface area contributed by atoms with Crippen molar-refractivity contribution >= 4 is 50.7 Å². The minimum absolute atomic E-state index is 0.0216. The second-order valence-electron chi connectivity index (χ2n) is 10.4. The van der Waals surface area contributed by atoms with Gasteiger partial charge in [-0.25, -0.2) is 12.8 Å². The van der Waals surface area contributed by atoms with Crippen LogP contribution in [0.2, 0.25) is 10.0 Å². The molecule has 0 saturated heterocycles. The lowest BCUT2D eigenvalue weighted by Crippen LogP contribution is -2.54. The van der Waals surface area contributed by atoms with E-state index in [-0.39, 0.29) is 39.6 Å². The fourth-order valence-electron chi connectivity index (χ4n) is 4.64. The number of carbonyl (C=O) groups excluding carboxylic acids is 2. The molecule has 0 radical (unpaired) electrons. The van der Waals surface area contributed by atoms with Gasteiger partial charge in [0.2, 0.25) is 11.8 Å². The number of nitrogens with one attached hydrogen (secondary N) is 1. The van der Waals surface area contributed by atoms with Gasteiger partial charge in [0, 0.05) is 24.0 Å². The molecule has 2 amide bonds. The van der Waals surface area contributed by atoms with E-state index in [0.29, 0.717) is 5.56 Å². The highest BCUT2D eigenvalue weighted by Gasteiger charge is 2.35. The zero-order valence-electron chi connectivity index (χ0n) is 24.2. The molecule has 0 unspecified atom stereocenters. The summed E-state index contributed by atoms with van der Waals surface area (Å²) in [5.41, 5.74) is 1.39. The first-order valence-corrected chi connectivity index (χ1v) is 16.1. The summed E-state index contributed by atoms with van der Waals surface area (Å²) in [6.07, 6.45) is 0.152. The summed E-state index contributed by atoms with van der Waals surface area (Å²) in [6.45, 7) is 2.84.